The first-order valence-corrected chi connectivity index (χ1v) is 10.1. The number of pyridine rings is 1. The molecule has 0 saturated carbocycles. The molecule has 1 amide bonds. The fourth-order valence-electron chi connectivity index (χ4n) is 3.42. The van der Waals surface area contributed by atoms with E-state index in [2.05, 4.69) is 29.1 Å². The van der Waals surface area contributed by atoms with E-state index in [-0.39, 0.29) is 11.9 Å². The minimum atomic E-state index is -0.0516. The van der Waals surface area contributed by atoms with E-state index in [0.717, 1.165) is 40.9 Å². The first-order chi connectivity index (χ1) is 14.5. The Bertz CT molecular complexity index is 1150. The van der Waals surface area contributed by atoms with Gasteiger partial charge in [-0.2, -0.15) is 5.10 Å². The Hall–Kier alpha value is -3.48. The highest BCUT2D eigenvalue weighted by Crippen LogP contribution is 2.20. The van der Waals surface area contributed by atoms with Crippen molar-refractivity contribution in [2.24, 2.45) is 0 Å². The average molecular weight is 403 g/mol. The molecule has 0 aliphatic rings. The summed E-state index contributed by atoms with van der Waals surface area (Å²) >= 11 is 0. The highest BCUT2D eigenvalue weighted by molar-refractivity contribution is 5.96. The molecule has 0 bridgehead atoms. The highest BCUT2D eigenvalue weighted by Gasteiger charge is 2.15. The van der Waals surface area contributed by atoms with Gasteiger partial charge < -0.3 is 9.42 Å². The maximum absolute atomic E-state index is 12.8. The summed E-state index contributed by atoms with van der Waals surface area (Å²) in [6, 6.07) is 14.0. The largest absolute Gasteiger partial charge is 0.361 e. The molecular formula is C23H25N5O2. The lowest BCUT2D eigenvalue weighted by Crippen LogP contribution is -2.28. The second kappa shape index (κ2) is 8.49. The summed E-state index contributed by atoms with van der Waals surface area (Å²) in [6.45, 7) is 4.72. The normalized spacial score (nSPS) is 11.3. The number of nitrogens with zero attached hydrogens (tertiary/aromatic N) is 5. The van der Waals surface area contributed by atoms with Gasteiger partial charge in [0, 0.05) is 49.3 Å². The molecule has 4 rings (SSSR count). The van der Waals surface area contributed by atoms with E-state index in [1.54, 1.807) is 24.3 Å². The lowest BCUT2D eigenvalue weighted by atomic mass is 10.1. The third-order valence-corrected chi connectivity index (χ3v) is 5.06. The van der Waals surface area contributed by atoms with Crippen LogP contribution in [0.25, 0.3) is 22.3 Å². The van der Waals surface area contributed by atoms with Crippen molar-refractivity contribution in [1.82, 2.24) is 24.8 Å². The van der Waals surface area contributed by atoms with E-state index in [9.17, 15) is 4.79 Å². The van der Waals surface area contributed by atoms with Crippen LogP contribution < -0.4 is 0 Å². The fraction of sp³-hybridized carbons (Fsp3) is 0.304. The third-order valence-electron chi connectivity index (χ3n) is 5.06. The number of amides is 1. The fourth-order valence-corrected chi connectivity index (χ4v) is 3.42. The van der Waals surface area contributed by atoms with Gasteiger partial charge in [0.2, 0.25) is 0 Å². The molecule has 3 aromatic heterocycles. The van der Waals surface area contributed by atoms with E-state index in [0.29, 0.717) is 12.1 Å². The Balaban J connectivity index is 1.35. The number of aryl methyl sites for hydroxylation is 1. The summed E-state index contributed by atoms with van der Waals surface area (Å²) in [5, 5.41) is 9.37. The van der Waals surface area contributed by atoms with Gasteiger partial charge in [0.25, 0.3) is 5.91 Å². The molecule has 3 heterocycles. The number of benzene rings is 1. The maximum Gasteiger partial charge on any atom is 0.255 e. The topological polar surface area (TPSA) is 77.0 Å². The maximum atomic E-state index is 12.8. The van der Waals surface area contributed by atoms with Gasteiger partial charge in [-0.1, -0.05) is 35.5 Å². The molecule has 0 N–H and O–H groups in total. The zero-order valence-corrected chi connectivity index (χ0v) is 17.4. The van der Waals surface area contributed by atoms with Gasteiger partial charge in [-0.3, -0.25) is 4.79 Å². The van der Waals surface area contributed by atoms with Crippen LogP contribution in [-0.4, -0.2) is 44.3 Å². The summed E-state index contributed by atoms with van der Waals surface area (Å²) in [5.74, 6) is 0.767. The van der Waals surface area contributed by atoms with Gasteiger partial charge in [-0.25, -0.2) is 9.67 Å². The van der Waals surface area contributed by atoms with Crippen LogP contribution in [0.5, 0.6) is 0 Å². The number of aromatic nitrogens is 4. The van der Waals surface area contributed by atoms with Crippen LogP contribution in [0, 0.1) is 0 Å². The molecule has 7 heteroatoms. The Kier molecular flexibility index (Phi) is 5.61. The SMILES string of the molecule is CC(C)n1ncc2cc(C(=O)N(C)CCCc3cc(-c4ccccc4)no3)cnc21. The van der Waals surface area contributed by atoms with Crippen LogP contribution >= 0.6 is 0 Å². The summed E-state index contributed by atoms with van der Waals surface area (Å²) in [7, 11) is 1.81. The molecule has 0 radical (unpaired) electrons. The number of rotatable bonds is 7. The van der Waals surface area contributed by atoms with Gasteiger partial charge >= 0.3 is 0 Å². The van der Waals surface area contributed by atoms with Crippen LogP contribution in [0.2, 0.25) is 0 Å². The van der Waals surface area contributed by atoms with Crippen molar-refractivity contribution in [1.29, 1.82) is 0 Å². The first kappa shape index (κ1) is 19.8. The molecule has 7 nitrogen and oxygen atoms in total. The molecule has 154 valence electrons. The van der Waals surface area contributed by atoms with E-state index in [1.807, 2.05) is 47.1 Å². The standard InChI is InChI=1S/C23H25N5O2/c1-16(2)28-22-18(15-25-28)12-19(14-24-22)23(29)27(3)11-7-10-20-13-21(26-30-20)17-8-5-4-6-9-17/h4-6,8-9,12-16H,7,10-11H2,1-3H3. The quantitative estimate of drug-likeness (QED) is 0.458. The van der Waals surface area contributed by atoms with Crippen LogP contribution in [-0.2, 0) is 6.42 Å². The van der Waals surface area contributed by atoms with Crippen molar-refractivity contribution in [3.63, 3.8) is 0 Å². The third kappa shape index (κ3) is 4.10. The van der Waals surface area contributed by atoms with E-state index < -0.39 is 0 Å². The number of hydrogen-bond donors (Lipinski definition) is 0. The summed E-state index contributed by atoms with van der Waals surface area (Å²) in [6.07, 6.45) is 4.89. The molecule has 4 aromatic rings. The Labute approximate surface area is 175 Å². The summed E-state index contributed by atoms with van der Waals surface area (Å²) in [5.41, 5.74) is 3.22. The molecule has 0 fully saturated rings. The second-order valence-corrected chi connectivity index (χ2v) is 7.69. The number of hydrogen-bond acceptors (Lipinski definition) is 5. The lowest BCUT2D eigenvalue weighted by Gasteiger charge is -2.16. The first-order valence-electron chi connectivity index (χ1n) is 10.1. The van der Waals surface area contributed by atoms with Crippen molar-refractivity contribution in [2.45, 2.75) is 32.7 Å². The van der Waals surface area contributed by atoms with Crippen LogP contribution in [0.4, 0.5) is 0 Å². The smallest absolute Gasteiger partial charge is 0.255 e. The molecule has 0 unspecified atom stereocenters. The Morgan fingerprint density at radius 3 is 2.73 bits per heavy atom. The molecule has 0 spiro atoms. The van der Waals surface area contributed by atoms with Gasteiger partial charge in [0.1, 0.15) is 11.5 Å². The summed E-state index contributed by atoms with van der Waals surface area (Å²) in [4.78, 5) is 19.0. The van der Waals surface area contributed by atoms with Crippen LogP contribution in [0.15, 0.2) is 59.4 Å². The predicted molar refractivity (Wildman–Crippen MR) is 115 cm³/mol. The second-order valence-electron chi connectivity index (χ2n) is 7.69. The number of carbonyl (C=O) groups is 1. The number of fused-ring (bicyclic) bond motifs is 1. The lowest BCUT2D eigenvalue weighted by molar-refractivity contribution is 0.0792. The molecule has 0 atom stereocenters. The Morgan fingerprint density at radius 1 is 1.17 bits per heavy atom. The van der Waals surface area contributed by atoms with Crippen molar-refractivity contribution < 1.29 is 9.32 Å². The monoisotopic (exact) mass is 403 g/mol. The van der Waals surface area contributed by atoms with Crippen molar-refractivity contribution in [3.8, 4) is 11.3 Å². The van der Waals surface area contributed by atoms with E-state index in [4.69, 9.17) is 4.52 Å². The van der Waals surface area contributed by atoms with Gasteiger partial charge in [0.15, 0.2) is 5.65 Å². The van der Waals surface area contributed by atoms with Crippen LogP contribution in [0.1, 0.15) is 42.4 Å². The molecule has 30 heavy (non-hydrogen) atoms. The van der Waals surface area contributed by atoms with Crippen molar-refractivity contribution in [2.75, 3.05) is 13.6 Å². The zero-order chi connectivity index (χ0) is 21.1. The predicted octanol–water partition coefficient (Wildman–Crippen LogP) is 4.37. The van der Waals surface area contributed by atoms with Gasteiger partial charge in [-0.05, 0) is 26.3 Å². The van der Waals surface area contributed by atoms with E-state index >= 15 is 0 Å². The zero-order valence-electron chi connectivity index (χ0n) is 17.4. The molecule has 0 aliphatic carbocycles. The van der Waals surface area contributed by atoms with Crippen molar-refractivity contribution in [3.05, 3.63) is 66.2 Å². The van der Waals surface area contributed by atoms with Crippen LogP contribution in [0.3, 0.4) is 0 Å². The average Bonchev–Trinajstić information content (AvgIpc) is 3.40. The Morgan fingerprint density at radius 2 is 1.97 bits per heavy atom. The molecule has 0 aliphatic heterocycles. The highest BCUT2D eigenvalue weighted by atomic mass is 16.5. The molecule has 1 aromatic carbocycles. The minimum Gasteiger partial charge on any atom is -0.361 e. The number of carbonyl (C=O) groups excluding carboxylic acids is 1. The minimum absolute atomic E-state index is 0.0516. The van der Waals surface area contributed by atoms with Crippen molar-refractivity contribution >= 4 is 16.9 Å². The van der Waals surface area contributed by atoms with Gasteiger partial charge in [0.05, 0.1) is 11.8 Å². The molecule has 0 saturated heterocycles. The summed E-state index contributed by atoms with van der Waals surface area (Å²) < 4.78 is 7.30. The molecular weight excluding hydrogens is 378 g/mol. The van der Waals surface area contributed by atoms with E-state index in [1.165, 1.54) is 0 Å². The van der Waals surface area contributed by atoms with Gasteiger partial charge in [-0.15, -0.1) is 0 Å².